The van der Waals surface area contributed by atoms with E-state index in [4.69, 9.17) is 0 Å². The molecule has 0 spiro atoms. The van der Waals surface area contributed by atoms with E-state index in [2.05, 4.69) is 343 Å². The lowest BCUT2D eigenvalue weighted by molar-refractivity contribution is 0.661. The molecule has 2 aliphatic rings. The molecule has 0 saturated heterocycles. The molecule has 0 fully saturated rings. The van der Waals surface area contributed by atoms with Crippen molar-refractivity contribution in [3.05, 3.63) is 338 Å². The Bertz CT molecular complexity index is 5830. The fourth-order valence-electron chi connectivity index (χ4n) is 16.7. The van der Waals surface area contributed by atoms with Crippen molar-refractivity contribution in [1.82, 2.24) is 0 Å². The fourth-order valence-corrected chi connectivity index (χ4v) is 16.7. The monoisotopic (exact) mass is 1170 g/mol. The third-order valence-corrected chi connectivity index (χ3v) is 20.9. The Morgan fingerprint density at radius 3 is 0.924 bits per heavy atom. The molecule has 0 aliphatic heterocycles. The van der Waals surface area contributed by atoms with Crippen LogP contribution in [-0.2, 0) is 10.8 Å². The first-order valence-corrected chi connectivity index (χ1v) is 32.5. The first-order valence-electron chi connectivity index (χ1n) is 32.5. The zero-order chi connectivity index (χ0) is 61.4. The van der Waals surface area contributed by atoms with Crippen molar-refractivity contribution in [3.63, 3.8) is 0 Å². The Kier molecular flexibility index (Phi) is 12.1. The summed E-state index contributed by atoms with van der Waals surface area (Å²) in [6.45, 7) is 9.55. The molecule has 0 saturated carbocycles. The molecule has 432 valence electrons. The largest absolute Gasteiger partial charge is 0.0616 e. The van der Waals surface area contributed by atoms with Crippen molar-refractivity contribution in [1.29, 1.82) is 0 Å². The molecule has 0 radical (unpaired) electrons. The molecule has 19 rings (SSSR count). The average molecular weight is 1170 g/mol. The van der Waals surface area contributed by atoms with E-state index in [9.17, 15) is 0 Å². The van der Waals surface area contributed by atoms with Gasteiger partial charge in [-0.05, 0) is 192 Å². The van der Waals surface area contributed by atoms with Gasteiger partial charge in [0.15, 0.2) is 0 Å². The minimum atomic E-state index is -0.104. The van der Waals surface area contributed by atoms with Crippen LogP contribution in [0.4, 0.5) is 0 Å². The molecular formula is C92H64. The quantitative estimate of drug-likeness (QED) is 0.151. The van der Waals surface area contributed by atoms with Crippen LogP contribution < -0.4 is 0 Å². The van der Waals surface area contributed by atoms with Gasteiger partial charge in [-0.3, -0.25) is 0 Å². The predicted octanol–water partition coefficient (Wildman–Crippen LogP) is 25.5. The second-order valence-electron chi connectivity index (χ2n) is 26.4. The Morgan fingerprint density at radius 1 is 0.163 bits per heavy atom. The summed E-state index contributed by atoms with van der Waals surface area (Å²) in [6, 6.07) is 117. The Hall–Kier alpha value is -11.2. The summed E-state index contributed by atoms with van der Waals surface area (Å²) in [5, 5.41) is 20.6. The van der Waals surface area contributed by atoms with Gasteiger partial charge in [-0.1, -0.05) is 337 Å². The molecule has 0 aromatic heterocycles. The van der Waals surface area contributed by atoms with E-state index in [0.29, 0.717) is 0 Å². The van der Waals surface area contributed by atoms with E-state index in [1.165, 1.54) is 186 Å². The average Bonchev–Trinajstić information content (AvgIpc) is 1.44. The summed E-state index contributed by atoms with van der Waals surface area (Å²) in [6.07, 6.45) is 0. The molecule has 17 aromatic carbocycles. The maximum atomic E-state index is 2.39. The highest BCUT2D eigenvalue weighted by Crippen LogP contribution is 2.59. The summed E-state index contributed by atoms with van der Waals surface area (Å²) in [7, 11) is 0. The van der Waals surface area contributed by atoms with Gasteiger partial charge in [0.1, 0.15) is 0 Å². The summed E-state index contributed by atoms with van der Waals surface area (Å²) in [5.74, 6) is 0. The van der Waals surface area contributed by atoms with Crippen molar-refractivity contribution >= 4 is 86.2 Å². The Labute approximate surface area is 537 Å². The lowest BCUT2D eigenvalue weighted by atomic mass is 9.80. The second kappa shape index (κ2) is 20.7. The smallest absolute Gasteiger partial charge is 0.0159 e. The van der Waals surface area contributed by atoms with Crippen molar-refractivity contribution in [2.45, 2.75) is 38.5 Å². The first-order chi connectivity index (χ1) is 45.2. The number of fused-ring (bicyclic) bond motifs is 16. The van der Waals surface area contributed by atoms with E-state index in [-0.39, 0.29) is 10.8 Å². The van der Waals surface area contributed by atoms with Gasteiger partial charge >= 0.3 is 0 Å². The fraction of sp³-hybridized carbons (Fsp3) is 0.0652. The van der Waals surface area contributed by atoms with Gasteiger partial charge in [0.05, 0.1) is 0 Å². The highest BCUT2D eigenvalue weighted by Gasteiger charge is 2.40. The van der Waals surface area contributed by atoms with Crippen LogP contribution in [0.25, 0.3) is 164 Å². The van der Waals surface area contributed by atoms with Gasteiger partial charge < -0.3 is 0 Å². The molecular weight excluding hydrogens is 1110 g/mol. The van der Waals surface area contributed by atoms with E-state index in [1.807, 2.05) is 0 Å². The zero-order valence-corrected chi connectivity index (χ0v) is 52.0. The molecule has 2 aliphatic carbocycles. The SMILES string of the molecule is CC1(C)c2cccc(-c3c4ccccc4c(-c4ccc5ccccc5c4)c4ccccc34)c2-c2c1ccc1ccccc21.CC1(C)c2cccc(-c3c4ccccc4c(-c4ccccc4-c4cccc5ccccc45)c4ccccc34)c2-c2c1ccc1ccccc21. The summed E-state index contributed by atoms with van der Waals surface area (Å²) in [5.41, 5.74) is 23.8. The van der Waals surface area contributed by atoms with Crippen molar-refractivity contribution in [2.75, 3.05) is 0 Å². The number of hydrogen-bond donors (Lipinski definition) is 0. The lowest BCUT2D eigenvalue weighted by Crippen LogP contribution is -2.14. The van der Waals surface area contributed by atoms with Crippen LogP contribution >= 0.6 is 0 Å². The minimum Gasteiger partial charge on any atom is -0.0616 e. The topological polar surface area (TPSA) is 0 Å². The zero-order valence-electron chi connectivity index (χ0n) is 52.0. The van der Waals surface area contributed by atoms with E-state index >= 15 is 0 Å². The van der Waals surface area contributed by atoms with Crippen LogP contribution in [0.15, 0.2) is 315 Å². The molecule has 0 atom stereocenters. The van der Waals surface area contributed by atoms with Crippen molar-refractivity contribution in [2.24, 2.45) is 0 Å². The summed E-state index contributed by atoms with van der Waals surface area (Å²) < 4.78 is 0. The minimum absolute atomic E-state index is 0.0820. The first kappa shape index (κ1) is 53.8. The van der Waals surface area contributed by atoms with Gasteiger partial charge in [0.2, 0.25) is 0 Å². The van der Waals surface area contributed by atoms with E-state index in [1.54, 1.807) is 0 Å². The Balaban J connectivity index is 0.000000137. The van der Waals surface area contributed by atoms with Crippen LogP contribution in [-0.4, -0.2) is 0 Å². The van der Waals surface area contributed by atoms with E-state index < -0.39 is 0 Å². The highest BCUT2D eigenvalue weighted by molar-refractivity contribution is 6.26. The third-order valence-electron chi connectivity index (χ3n) is 20.9. The third kappa shape index (κ3) is 7.96. The van der Waals surface area contributed by atoms with E-state index in [0.717, 1.165) is 0 Å². The molecule has 0 unspecified atom stereocenters. The second-order valence-corrected chi connectivity index (χ2v) is 26.4. The molecule has 0 heteroatoms. The maximum Gasteiger partial charge on any atom is 0.0159 e. The van der Waals surface area contributed by atoms with Gasteiger partial charge in [0, 0.05) is 10.8 Å². The van der Waals surface area contributed by atoms with Crippen LogP contribution in [0.1, 0.15) is 49.9 Å². The lowest BCUT2D eigenvalue weighted by Gasteiger charge is -2.23. The molecule has 0 N–H and O–H groups in total. The Morgan fingerprint density at radius 2 is 0.457 bits per heavy atom. The van der Waals surface area contributed by atoms with Gasteiger partial charge in [-0.15, -0.1) is 0 Å². The van der Waals surface area contributed by atoms with Gasteiger partial charge in [-0.2, -0.15) is 0 Å². The van der Waals surface area contributed by atoms with Crippen LogP contribution in [0.3, 0.4) is 0 Å². The molecule has 0 amide bonds. The summed E-state index contributed by atoms with van der Waals surface area (Å²) >= 11 is 0. The van der Waals surface area contributed by atoms with Gasteiger partial charge in [0.25, 0.3) is 0 Å². The highest BCUT2D eigenvalue weighted by atomic mass is 14.4. The molecule has 0 heterocycles. The van der Waals surface area contributed by atoms with Crippen LogP contribution in [0, 0.1) is 0 Å². The maximum absolute atomic E-state index is 2.39. The number of rotatable bonds is 5. The predicted molar refractivity (Wildman–Crippen MR) is 395 cm³/mol. The van der Waals surface area contributed by atoms with Crippen molar-refractivity contribution < 1.29 is 0 Å². The number of hydrogen-bond acceptors (Lipinski definition) is 0. The number of benzene rings is 17. The molecule has 0 bridgehead atoms. The van der Waals surface area contributed by atoms with Gasteiger partial charge in [-0.25, -0.2) is 0 Å². The standard InChI is InChI=1S/C49H34.C43H30/c1-49(2)43-28-14-27-42(48(43)47-34-19-6-4-16-32(34)29-30-44(47)49)46-40-24-11-9-22-38(40)45(39-23-10-12-25-41(39)46)37-21-8-7-20-36(37)35-26-13-17-31-15-3-5-18-33(31)35;1-43(2)37-21-11-20-36(42(37)41-31-15-6-5-13-28(31)24-25-38(41)43)40-34-18-9-7-16-32(34)39(33-17-8-10-19-35(33)40)30-23-22-27-12-3-4-14-29(27)26-30/h3-30H,1-2H3;3-26H,1-2H3. The molecule has 17 aromatic rings. The molecule has 92 heavy (non-hydrogen) atoms. The molecule has 0 nitrogen and oxygen atoms in total. The van der Waals surface area contributed by atoms with Crippen LogP contribution in [0.2, 0.25) is 0 Å². The van der Waals surface area contributed by atoms with Crippen molar-refractivity contribution in [3.8, 4) is 77.9 Å². The normalized spacial score (nSPS) is 13.4. The van der Waals surface area contributed by atoms with Crippen LogP contribution in [0.5, 0.6) is 0 Å². The summed E-state index contributed by atoms with van der Waals surface area (Å²) in [4.78, 5) is 0.